The number of rotatable bonds is 11. The van der Waals surface area contributed by atoms with Crippen LogP contribution in [0.25, 0.3) is 0 Å². The summed E-state index contributed by atoms with van der Waals surface area (Å²) in [5.41, 5.74) is -0.0117. The minimum Gasteiger partial charge on any atom is -0.354 e. The second-order valence-corrected chi connectivity index (χ2v) is 11.8. The number of halogens is 4. The van der Waals surface area contributed by atoms with Crippen molar-refractivity contribution in [1.29, 1.82) is 0 Å². The van der Waals surface area contributed by atoms with Crippen molar-refractivity contribution in [3.63, 3.8) is 0 Å². The van der Waals surface area contributed by atoms with Crippen LogP contribution in [0.3, 0.4) is 0 Å². The molecule has 0 heterocycles. The van der Waals surface area contributed by atoms with Gasteiger partial charge in [-0.3, -0.25) is 13.9 Å². The van der Waals surface area contributed by atoms with Gasteiger partial charge in [-0.2, -0.15) is 13.2 Å². The predicted molar refractivity (Wildman–Crippen MR) is 142 cm³/mol. The molecule has 0 aromatic heterocycles. The molecule has 0 spiro atoms. The Bertz CT molecular complexity index is 1250. The Morgan fingerprint density at radius 3 is 2.26 bits per heavy atom. The van der Waals surface area contributed by atoms with Gasteiger partial charge in [0.25, 0.3) is 0 Å². The quantitative estimate of drug-likeness (QED) is 0.408. The summed E-state index contributed by atoms with van der Waals surface area (Å²) in [5, 5.41) is 2.53. The fourth-order valence-electron chi connectivity index (χ4n) is 3.79. The summed E-state index contributed by atoms with van der Waals surface area (Å²) in [6.07, 6.45) is -3.76. The number of nitrogens with one attached hydrogen (secondary N) is 1. The summed E-state index contributed by atoms with van der Waals surface area (Å²) in [4.78, 5) is 28.0. The zero-order valence-corrected chi connectivity index (χ0v) is 23.5. The van der Waals surface area contributed by atoms with Crippen LogP contribution in [0.4, 0.5) is 18.9 Å². The Morgan fingerprint density at radius 1 is 1.11 bits per heavy atom. The fraction of sp³-hybridized carbons (Fsp3) is 0.462. The molecular weight excluding hydrogens is 543 g/mol. The normalized spacial score (nSPS) is 12.8. The third-order valence-electron chi connectivity index (χ3n) is 5.89. The molecule has 2 amide bonds. The van der Waals surface area contributed by atoms with Crippen LogP contribution in [-0.4, -0.2) is 50.5 Å². The van der Waals surface area contributed by atoms with Crippen molar-refractivity contribution in [3.05, 3.63) is 64.2 Å². The Kier molecular flexibility index (Phi) is 10.6. The SMILES string of the molecule is CC[C@H](C(=O)NCC(C)C)N(Cc1ccccc1C)C(=O)CN(c1cc(C(F)(F)F)ccc1Cl)S(C)(=O)=O. The van der Waals surface area contributed by atoms with Crippen molar-refractivity contribution < 1.29 is 31.2 Å². The largest absolute Gasteiger partial charge is 0.416 e. The minimum atomic E-state index is -4.76. The molecule has 0 bridgehead atoms. The van der Waals surface area contributed by atoms with E-state index in [1.54, 1.807) is 19.1 Å². The van der Waals surface area contributed by atoms with Crippen LogP contribution in [0.15, 0.2) is 42.5 Å². The first-order valence-corrected chi connectivity index (χ1v) is 14.2. The number of anilines is 1. The number of alkyl halides is 3. The Labute approximate surface area is 227 Å². The van der Waals surface area contributed by atoms with Gasteiger partial charge in [-0.05, 0) is 48.6 Å². The number of nitrogens with zero attached hydrogens (tertiary/aromatic N) is 2. The molecular formula is C26H33ClF3N3O4S. The molecule has 2 aromatic rings. The van der Waals surface area contributed by atoms with Crippen LogP contribution < -0.4 is 9.62 Å². The highest BCUT2D eigenvalue weighted by molar-refractivity contribution is 7.92. The van der Waals surface area contributed by atoms with Gasteiger partial charge < -0.3 is 10.2 Å². The summed E-state index contributed by atoms with van der Waals surface area (Å²) >= 11 is 6.11. The van der Waals surface area contributed by atoms with E-state index in [4.69, 9.17) is 11.6 Å². The monoisotopic (exact) mass is 575 g/mol. The number of hydrogen-bond acceptors (Lipinski definition) is 4. The van der Waals surface area contributed by atoms with E-state index in [0.717, 1.165) is 29.5 Å². The molecule has 7 nitrogen and oxygen atoms in total. The van der Waals surface area contributed by atoms with Crippen LogP contribution in [-0.2, 0) is 32.3 Å². The van der Waals surface area contributed by atoms with Gasteiger partial charge in [-0.15, -0.1) is 0 Å². The van der Waals surface area contributed by atoms with Crippen molar-refractivity contribution in [2.45, 2.75) is 52.9 Å². The Balaban J connectivity index is 2.54. The molecule has 0 fully saturated rings. The average Bonchev–Trinajstić information content (AvgIpc) is 2.81. The molecule has 0 radical (unpaired) electrons. The van der Waals surface area contributed by atoms with Crippen molar-refractivity contribution in [2.75, 3.05) is 23.7 Å². The van der Waals surface area contributed by atoms with Gasteiger partial charge in [0.1, 0.15) is 12.6 Å². The summed E-state index contributed by atoms with van der Waals surface area (Å²) in [6.45, 7) is 6.91. The van der Waals surface area contributed by atoms with E-state index < -0.39 is 51.9 Å². The van der Waals surface area contributed by atoms with E-state index in [9.17, 15) is 31.2 Å². The van der Waals surface area contributed by atoms with Gasteiger partial charge in [-0.25, -0.2) is 8.42 Å². The average molecular weight is 576 g/mol. The number of carbonyl (C=O) groups excluding carboxylic acids is 2. The third kappa shape index (κ3) is 8.36. The molecule has 0 aliphatic rings. The summed E-state index contributed by atoms with van der Waals surface area (Å²) in [6, 6.07) is 8.52. The van der Waals surface area contributed by atoms with Gasteiger partial charge in [0.15, 0.2) is 0 Å². The number of aryl methyl sites for hydroxylation is 1. The standard InChI is InChI=1S/C26H33ClF3N3O4S/c1-6-22(25(35)31-14-17(2)3)32(15-19-10-8-7-9-18(19)4)24(34)16-33(38(5,36)37)23-13-20(26(28,29)30)11-12-21(23)27/h7-13,17,22H,6,14-16H2,1-5H3,(H,31,35)/t22-/m1/s1. The predicted octanol–water partition coefficient (Wildman–Crippen LogP) is 5.01. The zero-order chi connectivity index (χ0) is 28.8. The first-order chi connectivity index (χ1) is 17.6. The first-order valence-electron chi connectivity index (χ1n) is 12.0. The van der Waals surface area contributed by atoms with Crippen molar-refractivity contribution in [2.24, 2.45) is 5.92 Å². The maximum atomic E-state index is 13.7. The summed E-state index contributed by atoms with van der Waals surface area (Å²) in [7, 11) is -4.25. The molecule has 210 valence electrons. The number of carbonyl (C=O) groups is 2. The molecule has 1 atom stereocenters. The zero-order valence-electron chi connectivity index (χ0n) is 22.0. The van der Waals surface area contributed by atoms with Crippen LogP contribution in [0.5, 0.6) is 0 Å². The maximum Gasteiger partial charge on any atom is 0.416 e. The number of hydrogen-bond donors (Lipinski definition) is 1. The molecule has 38 heavy (non-hydrogen) atoms. The molecule has 2 rings (SSSR count). The second kappa shape index (κ2) is 12.8. The number of sulfonamides is 1. The van der Waals surface area contributed by atoms with E-state index in [-0.39, 0.29) is 23.9 Å². The smallest absolute Gasteiger partial charge is 0.354 e. The third-order valence-corrected chi connectivity index (χ3v) is 7.34. The first kappa shape index (κ1) is 31.4. The molecule has 0 unspecified atom stereocenters. The highest BCUT2D eigenvalue weighted by Crippen LogP contribution is 2.36. The van der Waals surface area contributed by atoms with Gasteiger partial charge in [0.2, 0.25) is 21.8 Å². The lowest BCUT2D eigenvalue weighted by atomic mass is 10.1. The van der Waals surface area contributed by atoms with E-state index in [0.29, 0.717) is 16.9 Å². The minimum absolute atomic E-state index is 0.00691. The van der Waals surface area contributed by atoms with Gasteiger partial charge in [-0.1, -0.05) is 56.6 Å². The Hall–Kier alpha value is -2.79. The van der Waals surface area contributed by atoms with Gasteiger partial charge >= 0.3 is 6.18 Å². The number of benzene rings is 2. The van der Waals surface area contributed by atoms with Crippen LogP contribution >= 0.6 is 11.6 Å². The van der Waals surface area contributed by atoms with E-state index in [2.05, 4.69) is 5.32 Å². The summed E-state index contributed by atoms with van der Waals surface area (Å²) in [5.74, 6) is -1.02. The van der Waals surface area contributed by atoms with E-state index in [1.165, 1.54) is 4.90 Å². The number of amides is 2. The molecule has 2 aromatic carbocycles. The molecule has 0 saturated heterocycles. The maximum absolute atomic E-state index is 13.7. The second-order valence-electron chi connectivity index (χ2n) is 9.44. The Morgan fingerprint density at radius 2 is 1.74 bits per heavy atom. The lowest BCUT2D eigenvalue weighted by Crippen LogP contribution is -2.52. The molecule has 0 aliphatic carbocycles. The lowest BCUT2D eigenvalue weighted by molar-refractivity contribution is -0.140. The summed E-state index contributed by atoms with van der Waals surface area (Å²) < 4.78 is 66.1. The fourth-order valence-corrected chi connectivity index (χ4v) is 4.91. The molecule has 1 N–H and O–H groups in total. The van der Waals surface area contributed by atoms with Gasteiger partial charge in [0.05, 0.1) is 22.5 Å². The highest BCUT2D eigenvalue weighted by atomic mass is 35.5. The lowest BCUT2D eigenvalue weighted by Gasteiger charge is -2.33. The molecule has 12 heteroatoms. The van der Waals surface area contributed by atoms with Crippen LogP contribution in [0, 0.1) is 12.8 Å². The highest BCUT2D eigenvalue weighted by Gasteiger charge is 2.35. The van der Waals surface area contributed by atoms with E-state index >= 15 is 0 Å². The van der Waals surface area contributed by atoms with Gasteiger partial charge in [0, 0.05) is 13.1 Å². The van der Waals surface area contributed by atoms with Crippen molar-refractivity contribution in [1.82, 2.24) is 10.2 Å². The molecule has 0 saturated carbocycles. The van der Waals surface area contributed by atoms with Crippen molar-refractivity contribution >= 4 is 39.1 Å². The van der Waals surface area contributed by atoms with E-state index in [1.807, 2.05) is 32.9 Å². The van der Waals surface area contributed by atoms with Crippen molar-refractivity contribution in [3.8, 4) is 0 Å². The van der Waals surface area contributed by atoms with Crippen LogP contribution in [0.2, 0.25) is 5.02 Å². The molecule has 0 aliphatic heterocycles. The topological polar surface area (TPSA) is 86.8 Å². The van der Waals surface area contributed by atoms with Crippen LogP contribution in [0.1, 0.15) is 43.9 Å².